The molecule has 0 aliphatic heterocycles. The number of esters is 1. The molecular weight excluding hydrogens is 577 g/mol. The van der Waals surface area contributed by atoms with Crippen LogP contribution in [0, 0.1) is 0 Å². The lowest BCUT2D eigenvalue weighted by Crippen LogP contribution is -2.37. The summed E-state index contributed by atoms with van der Waals surface area (Å²) in [6, 6.07) is 0. The van der Waals surface area contributed by atoms with Crippen LogP contribution in [0.3, 0.4) is 0 Å². The first kappa shape index (κ1) is 42.2. The van der Waals surface area contributed by atoms with E-state index in [4.69, 9.17) is 18.5 Å². The van der Waals surface area contributed by atoms with Crippen LogP contribution < -0.4 is 0 Å². The largest absolute Gasteiger partial charge is 0.472 e. The Morgan fingerprint density at radius 1 is 0.727 bits per heavy atom. The zero-order valence-electron chi connectivity index (χ0n) is 28.4. The summed E-state index contributed by atoms with van der Waals surface area (Å²) < 4.78 is 34.2. The molecule has 0 bridgehead atoms. The lowest BCUT2D eigenvalue weighted by molar-refractivity contribution is -0.870. The summed E-state index contributed by atoms with van der Waals surface area (Å²) in [5.74, 6) is -0.363. The maximum Gasteiger partial charge on any atom is 0.472 e. The lowest BCUT2D eigenvalue weighted by atomic mass is 10.1. The zero-order chi connectivity index (χ0) is 32.8. The normalized spacial score (nSPS) is 15.0. The molecule has 0 radical (unpaired) electrons. The third kappa shape index (κ3) is 31.6. The van der Waals surface area contributed by atoms with Crippen LogP contribution in [0.25, 0.3) is 0 Å². The van der Waals surface area contributed by atoms with Crippen molar-refractivity contribution in [1.29, 1.82) is 0 Å². The summed E-state index contributed by atoms with van der Waals surface area (Å²) >= 11 is 0. The first-order valence-corrected chi connectivity index (χ1v) is 18.0. The average molecular weight is 641 g/mol. The van der Waals surface area contributed by atoms with Gasteiger partial charge in [-0.1, -0.05) is 93.9 Å². The SMILES string of the molecule is CC/C=C\C/C=C\C/C=C\C/C=C\C/C=C\CCCCCCOCC(COP(=O)(O)OCC[N+](C)(C)C)OC(=O)CCCC. The van der Waals surface area contributed by atoms with E-state index in [1.165, 1.54) is 0 Å². The Labute approximate surface area is 269 Å². The molecule has 0 saturated carbocycles. The number of allylic oxidation sites excluding steroid dienone is 10. The molecular formula is C35H63NO7P+. The highest BCUT2D eigenvalue weighted by Crippen LogP contribution is 2.43. The molecule has 0 aromatic carbocycles. The fraction of sp³-hybridized carbons (Fsp3) is 0.686. The predicted molar refractivity (Wildman–Crippen MR) is 182 cm³/mol. The molecule has 9 heteroatoms. The standard InChI is InChI=1S/C35H62NO7P/c1-6-8-10-11-12-13-14-15-16-17-18-19-20-21-22-23-24-25-26-27-30-40-32-34(43-35(37)28-9-7-2)33-42-44(38,39)41-31-29-36(3,4)5/h8,10,12-13,15-16,18-19,21-22,34H,6-7,9,11,14,17,20,23-33H2,1-5H3/p+1/b10-8-,13-12-,16-15-,19-18-,22-21-. The fourth-order valence-electron chi connectivity index (χ4n) is 3.73. The van der Waals surface area contributed by atoms with Gasteiger partial charge < -0.3 is 18.9 Å². The van der Waals surface area contributed by atoms with Crippen molar-refractivity contribution in [2.45, 2.75) is 103 Å². The highest BCUT2D eigenvalue weighted by atomic mass is 31.2. The second-order valence-electron chi connectivity index (χ2n) is 11.8. The van der Waals surface area contributed by atoms with Gasteiger partial charge in [-0.3, -0.25) is 13.8 Å². The summed E-state index contributed by atoms with van der Waals surface area (Å²) in [6.07, 6.45) is 33.6. The molecule has 0 aromatic heterocycles. The van der Waals surface area contributed by atoms with Crippen LogP contribution >= 0.6 is 7.82 Å². The first-order valence-electron chi connectivity index (χ1n) is 16.5. The van der Waals surface area contributed by atoms with Gasteiger partial charge in [-0.25, -0.2) is 4.57 Å². The Kier molecular flexibility index (Phi) is 27.5. The maximum absolute atomic E-state index is 12.2. The molecule has 2 atom stereocenters. The molecule has 0 rings (SSSR count). The smallest absolute Gasteiger partial charge is 0.457 e. The van der Waals surface area contributed by atoms with Gasteiger partial charge >= 0.3 is 13.8 Å². The Morgan fingerprint density at radius 3 is 1.86 bits per heavy atom. The summed E-state index contributed by atoms with van der Waals surface area (Å²) in [5, 5.41) is 0. The van der Waals surface area contributed by atoms with Gasteiger partial charge in [-0.05, 0) is 57.8 Å². The van der Waals surface area contributed by atoms with E-state index in [2.05, 4.69) is 67.7 Å². The van der Waals surface area contributed by atoms with Crippen molar-refractivity contribution >= 4 is 13.8 Å². The predicted octanol–water partition coefficient (Wildman–Crippen LogP) is 8.65. The Morgan fingerprint density at radius 2 is 1.30 bits per heavy atom. The number of quaternary nitrogens is 1. The lowest BCUT2D eigenvalue weighted by Gasteiger charge is -2.24. The number of ether oxygens (including phenoxy) is 2. The summed E-state index contributed by atoms with van der Waals surface area (Å²) in [6.45, 7) is 5.15. The van der Waals surface area contributed by atoms with Crippen LogP contribution in [0.4, 0.5) is 0 Å². The minimum Gasteiger partial charge on any atom is -0.457 e. The van der Waals surface area contributed by atoms with E-state index in [1.54, 1.807) is 0 Å². The number of phosphoric ester groups is 1. The van der Waals surface area contributed by atoms with E-state index >= 15 is 0 Å². The number of hydrogen-bond donors (Lipinski definition) is 1. The number of unbranched alkanes of at least 4 members (excludes halogenated alkanes) is 5. The van der Waals surface area contributed by atoms with Gasteiger partial charge in [0.15, 0.2) is 0 Å². The average Bonchev–Trinajstić information content (AvgIpc) is 2.96. The number of carbonyl (C=O) groups is 1. The van der Waals surface area contributed by atoms with E-state index in [0.29, 0.717) is 24.1 Å². The molecule has 0 fully saturated rings. The molecule has 0 aliphatic rings. The molecule has 1 N–H and O–H groups in total. The number of likely N-dealkylation sites (N-methyl/N-ethyl adjacent to an activating group) is 1. The van der Waals surface area contributed by atoms with Crippen molar-refractivity contribution in [2.75, 3.05) is 54.1 Å². The van der Waals surface area contributed by atoms with Crippen molar-refractivity contribution < 1.29 is 37.3 Å². The van der Waals surface area contributed by atoms with E-state index < -0.39 is 13.9 Å². The van der Waals surface area contributed by atoms with Gasteiger partial charge in [-0.2, -0.15) is 0 Å². The zero-order valence-corrected chi connectivity index (χ0v) is 29.3. The third-order valence-corrected chi connectivity index (χ3v) is 7.33. The molecule has 254 valence electrons. The van der Waals surface area contributed by atoms with Crippen LogP contribution in [0.1, 0.15) is 97.3 Å². The molecule has 8 nitrogen and oxygen atoms in total. The first-order chi connectivity index (χ1) is 21.1. The van der Waals surface area contributed by atoms with Crippen molar-refractivity contribution in [3.63, 3.8) is 0 Å². The van der Waals surface area contributed by atoms with E-state index in [9.17, 15) is 14.3 Å². The minimum absolute atomic E-state index is 0.0792. The number of nitrogens with zero attached hydrogens (tertiary/aromatic N) is 1. The molecule has 0 heterocycles. The minimum atomic E-state index is -4.25. The molecule has 0 saturated heterocycles. The highest BCUT2D eigenvalue weighted by Gasteiger charge is 2.26. The molecule has 44 heavy (non-hydrogen) atoms. The molecule has 0 amide bonds. The van der Waals surface area contributed by atoms with Gasteiger partial charge in [0.25, 0.3) is 0 Å². The fourth-order valence-corrected chi connectivity index (χ4v) is 4.47. The highest BCUT2D eigenvalue weighted by molar-refractivity contribution is 7.47. The van der Waals surface area contributed by atoms with Crippen LogP contribution in [0.2, 0.25) is 0 Å². The second kappa shape index (κ2) is 28.7. The van der Waals surface area contributed by atoms with Gasteiger partial charge in [0, 0.05) is 13.0 Å². The van der Waals surface area contributed by atoms with Crippen LogP contribution in [-0.4, -0.2) is 75.6 Å². The van der Waals surface area contributed by atoms with Crippen molar-refractivity contribution in [3.8, 4) is 0 Å². The van der Waals surface area contributed by atoms with Crippen molar-refractivity contribution in [1.82, 2.24) is 0 Å². The third-order valence-electron chi connectivity index (χ3n) is 6.34. The van der Waals surface area contributed by atoms with E-state index in [-0.39, 0.29) is 25.8 Å². The van der Waals surface area contributed by atoms with Gasteiger partial charge in [-0.15, -0.1) is 0 Å². The van der Waals surface area contributed by atoms with Crippen molar-refractivity contribution in [3.05, 3.63) is 60.8 Å². The van der Waals surface area contributed by atoms with Crippen LogP contribution in [0.5, 0.6) is 0 Å². The second-order valence-corrected chi connectivity index (χ2v) is 13.3. The van der Waals surface area contributed by atoms with Gasteiger partial charge in [0.1, 0.15) is 19.3 Å². The molecule has 0 aromatic rings. The monoisotopic (exact) mass is 640 g/mol. The number of phosphoric acid groups is 1. The van der Waals surface area contributed by atoms with Crippen molar-refractivity contribution in [2.24, 2.45) is 0 Å². The summed E-state index contributed by atoms with van der Waals surface area (Å²) in [4.78, 5) is 22.1. The quantitative estimate of drug-likeness (QED) is 0.0288. The number of rotatable bonds is 29. The van der Waals surface area contributed by atoms with Gasteiger partial charge in [0.05, 0.1) is 34.4 Å². The Hall–Kier alpha value is -1.80. The molecule has 2 unspecified atom stereocenters. The molecule has 0 spiro atoms. The topological polar surface area (TPSA) is 91.3 Å². The summed E-state index contributed by atoms with van der Waals surface area (Å²) in [7, 11) is 1.63. The molecule has 0 aliphatic carbocycles. The van der Waals surface area contributed by atoms with Crippen LogP contribution in [-0.2, 0) is 27.9 Å². The maximum atomic E-state index is 12.2. The summed E-state index contributed by atoms with van der Waals surface area (Å²) in [5.41, 5.74) is 0. The number of carbonyl (C=O) groups excluding carboxylic acids is 1. The Balaban J connectivity index is 4.07. The number of hydrogen-bond acceptors (Lipinski definition) is 6. The van der Waals surface area contributed by atoms with Gasteiger partial charge in [0.2, 0.25) is 0 Å². The Bertz CT molecular complexity index is 890. The van der Waals surface area contributed by atoms with E-state index in [1.807, 2.05) is 28.1 Å². The van der Waals surface area contributed by atoms with Crippen LogP contribution in [0.15, 0.2) is 60.8 Å². The van der Waals surface area contributed by atoms with E-state index in [0.717, 1.165) is 77.0 Å².